The van der Waals surface area contributed by atoms with Crippen LogP contribution >= 0.6 is 11.6 Å². The van der Waals surface area contributed by atoms with Gasteiger partial charge in [-0.2, -0.15) is 0 Å². The molecule has 4 nitrogen and oxygen atoms in total. The van der Waals surface area contributed by atoms with Gasteiger partial charge in [0, 0.05) is 70.5 Å². The molecule has 2 aliphatic rings. The first-order chi connectivity index (χ1) is 13.8. The summed E-state index contributed by atoms with van der Waals surface area (Å²) in [5.74, 6) is 0. The number of nitrogens with zero attached hydrogens (tertiary/aromatic N) is 3. The molecule has 5 heteroatoms. The fourth-order valence-electron chi connectivity index (χ4n) is 4.36. The van der Waals surface area contributed by atoms with Crippen molar-refractivity contribution in [2.75, 3.05) is 65.4 Å². The second-order valence-electron chi connectivity index (χ2n) is 7.83. The molecule has 0 aliphatic carbocycles. The smallest absolute Gasteiger partial charge is 0.0602 e. The van der Waals surface area contributed by atoms with E-state index < -0.39 is 0 Å². The molecule has 2 aromatic carbocycles. The van der Waals surface area contributed by atoms with Crippen molar-refractivity contribution in [3.63, 3.8) is 0 Å². The summed E-state index contributed by atoms with van der Waals surface area (Å²) in [7, 11) is 0. The maximum atomic E-state index is 6.14. The Morgan fingerprint density at radius 1 is 0.714 bits per heavy atom. The van der Waals surface area contributed by atoms with Gasteiger partial charge in [0.25, 0.3) is 0 Å². The van der Waals surface area contributed by atoms with Crippen LogP contribution in [-0.4, -0.2) is 80.1 Å². The van der Waals surface area contributed by atoms with Crippen LogP contribution in [0.3, 0.4) is 0 Å². The number of hydrogen-bond acceptors (Lipinski definition) is 4. The molecule has 1 atom stereocenters. The molecule has 0 spiro atoms. The zero-order chi connectivity index (χ0) is 19.2. The molecule has 2 fully saturated rings. The minimum Gasteiger partial charge on any atom is -0.314 e. The molecule has 0 bridgehead atoms. The molecule has 2 heterocycles. The highest BCUT2D eigenvalue weighted by atomic mass is 35.5. The van der Waals surface area contributed by atoms with Crippen LogP contribution in [0.2, 0.25) is 5.02 Å². The highest BCUT2D eigenvalue weighted by Crippen LogP contribution is 2.30. The molecule has 1 unspecified atom stereocenters. The molecular formula is C23H31ClN4. The third-order valence-electron chi connectivity index (χ3n) is 6.02. The molecule has 1 N–H and O–H groups in total. The number of nitrogens with one attached hydrogen (secondary N) is 1. The van der Waals surface area contributed by atoms with Gasteiger partial charge in [0.05, 0.1) is 6.04 Å². The quantitative estimate of drug-likeness (QED) is 0.807. The molecule has 2 saturated heterocycles. The lowest BCUT2D eigenvalue weighted by Gasteiger charge is -2.40. The molecule has 150 valence electrons. The van der Waals surface area contributed by atoms with E-state index in [1.807, 2.05) is 12.1 Å². The van der Waals surface area contributed by atoms with E-state index in [0.717, 1.165) is 44.3 Å². The van der Waals surface area contributed by atoms with E-state index in [1.54, 1.807) is 0 Å². The first-order valence-corrected chi connectivity index (χ1v) is 10.9. The van der Waals surface area contributed by atoms with E-state index in [2.05, 4.69) is 62.5 Å². The third-order valence-corrected chi connectivity index (χ3v) is 6.27. The Hall–Kier alpha value is -1.43. The Labute approximate surface area is 174 Å². The molecule has 0 amide bonds. The van der Waals surface area contributed by atoms with Gasteiger partial charge in [0.2, 0.25) is 0 Å². The van der Waals surface area contributed by atoms with Crippen LogP contribution in [0.1, 0.15) is 17.2 Å². The molecule has 0 radical (unpaired) electrons. The highest BCUT2D eigenvalue weighted by Gasteiger charge is 2.26. The number of piperazine rings is 2. The Bertz CT molecular complexity index is 707. The van der Waals surface area contributed by atoms with Crippen molar-refractivity contribution < 1.29 is 0 Å². The van der Waals surface area contributed by atoms with Crippen molar-refractivity contribution >= 4 is 11.6 Å². The Morgan fingerprint density at radius 2 is 1.29 bits per heavy atom. The van der Waals surface area contributed by atoms with E-state index in [9.17, 15) is 0 Å². The van der Waals surface area contributed by atoms with Crippen molar-refractivity contribution in [1.29, 1.82) is 0 Å². The number of hydrogen-bond donors (Lipinski definition) is 1. The first kappa shape index (κ1) is 19.9. The molecular weight excluding hydrogens is 368 g/mol. The van der Waals surface area contributed by atoms with Gasteiger partial charge in [-0.05, 0) is 23.3 Å². The first-order valence-electron chi connectivity index (χ1n) is 10.5. The second-order valence-corrected chi connectivity index (χ2v) is 8.27. The number of halogens is 1. The van der Waals surface area contributed by atoms with Crippen LogP contribution in [0.15, 0.2) is 54.6 Å². The van der Waals surface area contributed by atoms with E-state index in [-0.39, 0.29) is 0 Å². The van der Waals surface area contributed by atoms with Gasteiger partial charge >= 0.3 is 0 Å². The largest absolute Gasteiger partial charge is 0.314 e. The van der Waals surface area contributed by atoms with Crippen molar-refractivity contribution in [2.45, 2.75) is 6.04 Å². The number of benzene rings is 2. The highest BCUT2D eigenvalue weighted by molar-refractivity contribution is 6.30. The normalized spacial score (nSPS) is 20.9. The van der Waals surface area contributed by atoms with Crippen LogP contribution in [0.25, 0.3) is 0 Å². The molecule has 4 rings (SSSR count). The average molecular weight is 399 g/mol. The second kappa shape index (κ2) is 9.86. The van der Waals surface area contributed by atoms with E-state index in [0.29, 0.717) is 6.04 Å². The summed E-state index contributed by atoms with van der Waals surface area (Å²) < 4.78 is 0. The summed E-state index contributed by atoms with van der Waals surface area (Å²) in [6, 6.07) is 19.5. The van der Waals surface area contributed by atoms with Crippen molar-refractivity contribution in [3.05, 3.63) is 70.7 Å². The minimum absolute atomic E-state index is 0.300. The number of rotatable bonds is 6. The van der Waals surface area contributed by atoms with E-state index in [1.165, 1.54) is 37.3 Å². The Morgan fingerprint density at radius 3 is 1.93 bits per heavy atom. The zero-order valence-electron chi connectivity index (χ0n) is 16.6. The molecule has 0 saturated carbocycles. The summed E-state index contributed by atoms with van der Waals surface area (Å²) in [5.41, 5.74) is 2.68. The summed E-state index contributed by atoms with van der Waals surface area (Å²) in [6.07, 6.45) is 0. The van der Waals surface area contributed by atoms with Gasteiger partial charge < -0.3 is 5.32 Å². The summed E-state index contributed by atoms with van der Waals surface area (Å²) in [6.45, 7) is 11.5. The lowest BCUT2D eigenvalue weighted by molar-refractivity contribution is 0.0973. The monoisotopic (exact) mass is 398 g/mol. The fraction of sp³-hybridized carbons (Fsp3) is 0.478. The Kier molecular flexibility index (Phi) is 7.00. The molecule has 2 aromatic rings. The minimum atomic E-state index is 0.300. The topological polar surface area (TPSA) is 21.8 Å². The van der Waals surface area contributed by atoms with Crippen LogP contribution in [0.5, 0.6) is 0 Å². The zero-order valence-corrected chi connectivity index (χ0v) is 17.3. The fourth-order valence-corrected chi connectivity index (χ4v) is 4.48. The van der Waals surface area contributed by atoms with Crippen LogP contribution < -0.4 is 5.32 Å². The van der Waals surface area contributed by atoms with E-state index >= 15 is 0 Å². The Balaban J connectivity index is 1.39. The predicted molar refractivity (Wildman–Crippen MR) is 117 cm³/mol. The van der Waals surface area contributed by atoms with Crippen LogP contribution in [0, 0.1) is 0 Å². The third kappa shape index (κ3) is 5.13. The SMILES string of the molecule is Clc1ccc(C(c2ccccc2)N2CCN(CCN3CCNCC3)CC2)cc1. The van der Waals surface area contributed by atoms with Crippen molar-refractivity contribution in [2.24, 2.45) is 0 Å². The van der Waals surface area contributed by atoms with Gasteiger partial charge in [-0.25, -0.2) is 0 Å². The maximum absolute atomic E-state index is 6.14. The molecule has 28 heavy (non-hydrogen) atoms. The van der Waals surface area contributed by atoms with Crippen LogP contribution in [0.4, 0.5) is 0 Å². The van der Waals surface area contributed by atoms with Gasteiger partial charge in [-0.1, -0.05) is 54.1 Å². The predicted octanol–water partition coefficient (Wildman–Crippen LogP) is 2.95. The van der Waals surface area contributed by atoms with Gasteiger partial charge in [-0.15, -0.1) is 0 Å². The summed E-state index contributed by atoms with van der Waals surface area (Å²) in [5, 5.41) is 4.23. The van der Waals surface area contributed by atoms with Gasteiger partial charge in [0.15, 0.2) is 0 Å². The van der Waals surface area contributed by atoms with E-state index in [4.69, 9.17) is 11.6 Å². The summed E-state index contributed by atoms with van der Waals surface area (Å²) in [4.78, 5) is 7.84. The van der Waals surface area contributed by atoms with Gasteiger partial charge in [0.1, 0.15) is 0 Å². The lowest BCUT2D eigenvalue weighted by atomic mass is 9.96. The maximum Gasteiger partial charge on any atom is 0.0602 e. The van der Waals surface area contributed by atoms with Gasteiger partial charge in [-0.3, -0.25) is 14.7 Å². The standard InChI is InChI=1S/C23H31ClN4/c24-22-8-6-21(7-9-22)23(20-4-2-1-3-5-20)28-18-16-27(17-19-28)15-14-26-12-10-25-11-13-26/h1-9,23,25H,10-19H2. The van der Waals surface area contributed by atoms with Crippen LogP contribution in [-0.2, 0) is 0 Å². The average Bonchev–Trinajstić information content (AvgIpc) is 2.76. The molecule has 2 aliphatic heterocycles. The van der Waals surface area contributed by atoms with Crippen molar-refractivity contribution in [3.8, 4) is 0 Å². The lowest BCUT2D eigenvalue weighted by Crippen LogP contribution is -2.51. The molecule has 0 aromatic heterocycles. The van der Waals surface area contributed by atoms with Crippen molar-refractivity contribution in [1.82, 2.24) is 20.0 Å². The summed E-state index contributed by atoms with van der Waals surface area (Å²) >= 11 is 6.14.